The van der Waals surface area contributed by atoms with E-state index < -0.39 is 16.1 Å². The summed E-state index contributed by atoms with van der Waals surface area (Å²) < 4.78 is 27.9. The lowest BCUT2D eigenvalue weighted by atomic mass is 9.96. The number of carbonyl (C=O) groups is 2. The standard InChI is InChI=1S/C20H30N4O4S/c1-14-11-15(2)18(16(3)12-14)29(27,28)24-9-7-22(8-10-24)19(25)17-5-4-6-23(13-17)20(21)26/h11-12,17H,4-10,13H2,1-3H3,(H2,21,26)/t17-/m1/s1. The van der Waals surface area contributed by atoms with Gasteiger partial charge >= 0.3 is 6.03 Å². The molecule has 1 atom stereocenters. The normalized spacial score (nSPS) is 21.3. The summed E-state index contributed by atoms with van der Waals surface area (Å²) in [5, 5.41) is 0. The van der Waals surface area contributed by atoms with Gasteiger partial charge in [-0.2, -0.15) is 4.31 Å². The van der Waals surface area contributed by atoms with Gasteiger partial charge in [-0.3, -0.25) is 4.79 Å². The van der Waals surface area contributed by atoms with Gasteiger partial charge in [0.1, 0.15) is 0 Å². The Morgan fingerprint density at radius 3 is 2.10 bits per heavy atom. The molecule has 2 saturated heterocycles. The Balaban J connectivity index is 1.67. The molecule has 9 heteroatoms. The first-order chi connectivity index (χ1) is 13.6. The smallest absolute Gasteiger partial charge is 0.314 e. The lowest BCUT2D eigenvalue weighted by molar-refractivity contribution is -0.138. The summed E-state index contributed by atoms with van der Waals surface area (Å²) in [6.45, 7) is 7.77. The first-order valence-corrected chi connectivity index (χ1v) is 11.5. The van der Waals surface area contributed by atoms with Crippen molar-refractivity contribution in [1.82, 2.24) is 14.1 Å². The van der Waals surface area contributed by atoms with Gasteiger partial charge in [-0.25, -0.2) is 13.2 Å². The summed E-state index contributed by atoms with van der Waals surface area (Å²) in [7, 11) is -3.61. The van der Waals surface area contributed by atoms with Crippen molar-refractivity contribution >= 4 is 22.0 Å². The Hall–Kier alpha value is -2.13. The van der Waals surface area contributed by atoms with E-state index in [1.165, 1.54) is 9.21 Å². The van der Waals surface area contributed by atoms with Crippen LogP contribution in [-0.4, -0.2) is 73.7 Å². The number of urea groups is 1. The van der Waals surface area contributed by atoms with E-state index >= 15 is 0 Å². The van der Waals surface area contributed by atoms with Gasteiger partial charge in [0, 0.05) is 39.3 Å². The van der Waals surface area contributed by atoms with Crippen molar-refractivity contribution in [3.8, 4) is 0 Å². The zero-order chi connectivity index (χ0) is 21.3. The number of rotatable bonds is 3. The first kappa shape index (κ1) is 21.6. The second-order valence-corrected chi connectivity index (χ2v) is 9.96. The molecule has 1 aromatic rings. The van der Waals surface area contributed by atoms with Crippen molar-refractivity contribution in [3.63, 3.8) is 0 Å². The van der Waals surface area contributed by atoms with Crippen LogP contribution < -0.4 is 5.73 Å². The van der Waals surface area contributed by atoms with Crippen LogP contribution >= 0.6 is 0 Å². The van der Waals surface area contributed by atoms with E-state index in [0.717, 1.165) is 29.5 Å². The van der Waals surface area contributed by atoms with Crippen LogP contribution in [-0.2, 0) is 14.8 Å². The van der Waals surface area contributed by atoms with Gasteiger partial charge in [0.25, 0.3) is 0 Å². The number of carbonyl (C=O) groups excluding carboxylic acids is 2. The Bertz CT molecular complexity index is 884. The summed E-state index contributed by atoms with van der Waals surface area (Å²) >= 11 is 0. The fraction of sp³-hybridized carbons (Fsp3) is 0.600. The number of hydrogen-bond donors (Lipinski definition) is 1. The molecule has 1 aromatic carbocycles. The molecule has 29 heavy (non-hydrogen) atoms. The van der Waals surface area contributed by atoms with Crippen LogP contribution in [0.2, 0.25) is 0 Å². The Morgan fingerprint density at radius 1 is 0.966 bits per heavy atom. The monoisotopic (exact) mass is 422 g/mol. The Morgan fingerprint density at radius 2 is 1.55 bits per heavy atom. The van der Waals surface area contributed by atoms with Gasteiger partial charge < -0.3 is 15.5 Å². The maximum absolute atomic E-state index is 13.2. The van der Waals surface area contributed by atoms with E-state index in [1.807, 2.05) is 32.9 Å². The second kappa shape index (κ2) is 8.31. The van der Waals surface area contributed by atoms with Crippen LogP contribution in [0.1, 0.15) is 29.5 Å². The summed E-state index contributed by atoms with van der Waals surface area (Å²) in [4.78, 5) is 27.9. The van der Waals surface area contributed by atoms with Crippen molar-refractivity contribution in [2.24, 2.45) is 11.7 Å². The molecule has 3 amide bonds. The van der Waals surface area contributed by atoms with Crippen LogP contribution in [0.25, 0.3) is 0 Å². The molecule has 0 bridgehead atoms. The van der Waals surface area contributed by atoms with Gasteiger partial charge in [-0.15, -0.1) is 0 Å². The molecule has 0 radical (unpaired) electrons. The van der Waals surface area contributed by atoms with E-state index in [-0.39, 0.29) is 24.9 Å². The number of likely N-dealkylation sites (tertiary alicyclic amines) is 1. The van der Waals surface area contributed by atoms with Crippen LogP contribution in [0.5, 0.6) is 0 Å². The van der Waals surface area contributed by atoms with E-state index in [9.17, 15) is 18.0 Å². The highest BCUT2D eigenvalue weighted by Gasteiger charge is 2.35. The number of nitrogens with two attached hydrogens (primary N) is 1. The summed E-state index contributed by atoms with van der Waals surface area (Å²) in [6.07, 6.45) is 1.47. The predicted molar refractivity (Wildman–Crippen MR) is 110 cm³/mol. The number of aryl methyl sites for hydroxylation is 3. The summed E-state index contributed by atoms with van der Waals surface area (Å²) in [5.41, 5.74) is 7.88. The van der Waals surface area contributed by atoms with E-state index in [2.05, 4.69) is 0 Å². The van der Waals surface area contributed by atoms with Crippen molar-refractivity contribution in [3.05, 3.63) is 28.8 Å². The number of piperazine rings is 1. The number of nitrogens with zero attached hydrogens (tertiary/aromatic N) is 3. The largest absolute Gasteiger partial charge is 0.351 e. The zero-order valence-corrected chi connectivity index (χ0v) is 18.2. The number of amides is 3. The lowest BCUT2D eigenvalue weighted by Crippen LogP contribution is -2.54. The quantitative estimate of drug-likeness (QED) is 0.791. The molecule has 0 aromatic heterocycles. The molecule has 0 unspecified atom stereocenters. The molecule has 2 aliphatic rings. The third-order valence-electron chi connectivity index (χ3n) is 5.84. The van der Waals surface area contributed by atoms with Gasteiger partial charge in [-0.1, -0.05) is 17.7 Å². The molecular weight excluding hydrogens is 392 g/mol. The Labute approximate surface area is 172 Å². The zero-order valence-electron chi connectivity index (χ0n) is 17.3. The molecule has 2 aliphatic heterocycles. The molecule has 2 fully saturated rings. The molecule has 2 heterocycles. The second-order valence-electron chi connectivity index (χ2n) is 8.08. The highest BCUT2D eigenvalue weighted by atomic mass is 32.2. The molecule has 2 N–H and O–H groups in total. The first-order valence-electron chi connectivity index (χ1n) is 10.0. The maximum atomic E-state index is 13.2. The van der Waals surface area contributed by atoms with Gasteiger partial charge in [0.05, 0.1) is 10.8 Å². The Kier molecular flexibility index (Phi) is 6.19. The summed E-state index contributed by atoms with van der Waals surface area (Å²) in [5.74, 6) is -0.281. The van der Waals surface area contributed by atoms with E-state index in [0.29, 0.717) is 31.1 Å². The highest BCUT2D eigenvalue weighted by Crippen LogP contribution is 2.27. The van der Waals surface area contributed by atoms with E-state index in [4.69, 9.17) is 5.73 Å². The summed E-state index contributed by atoms with van der Waals surface area (Å²) in [6, 6.07) is 3.27. The number of sulfonamides is 1. The predicted octanol–water partition coefficient (Wildman–Crippen LogP) is 1.24. The minimum Gasteiger partial charge on any atom is -0.351 e. The number of primary amides is 1. The third-order valence-corrected chi connectivity index (χ3v) is 8.04. The molecule has 8 nitrogen and oxygen atoms in total. The average Bonchev–Trinajstić information content (AvgIpc) is 2.66. The molecule has 0 saturated carbocycles. The van der Waals surface area contributed by atoms with Crippen molar-refractivity contribution < 1.29 is 18.0 Å². The lowest BCUT2D eigenvalue weighted by Gasteiger charge is -2.38. The number of hydrogen-bond acceptors (Lipinski definition) is 4. The fourth-order valence-corrected chi connectivity index (χ4v) is 6.32. The highest BCUT2D eigenvalue weighted by molar-refractivity contribution is 7.89. The van der Waals surface area contributed by atoms with Crippen LogP contribution in [0, 0.1) is 26.7 Å². The van der Waals surface area contributed by atoms with Crippen molar-refractivity contribution in [2.45, 2.75) is 38.5 Å². The maximum Gasteiger partial charge on any atom is 0.314 e. The molecule has 3 rings (SSSR count). The fourth-order valence-electron chi connectivity index (χ4n) is 4.49. The van der Waals surface area contributed by atoms with Gasteiger partial charge in [0.2, 0.25) is 15.9 Å². The minimum atomic E-state index is -3.61. The molecule has 0 aliphatic carbocycles. The number of benzene rings is 1. The topological polar surface area (TPSA) is 104 Å². The van der Waals surface area contributed by atoms with Crippen LogP contribution in [0.4, 0.5) is 4.79 Å². The van der Waals surface area contributed by atoms with Gasteiger partial charge in [0.15, 0.2) is 0 Å². The van der Waals surface area contributed by atoms with Gasteiger partial charge in [-0.05, 0) is 44.7 Å². The van der Waals surface area contributed by atoms with Crippen LogP contribution in [0.3, 0.4) is 0 Å². The number of piperidine rings is 1. The SMILES string of the molecule is Cc1cc(C)c(S(=O)(=O)N2CCN(C(=O)[C@@H]3CCCN(C(N)=O)C3)CC2)c(C)c1. The van der Waals surface area contributed by atoms with E-state index in [1.54, 1.807) is 4.90 Å². The molecule has 0 spiro atoms. The molecule has 160 valence electrons. The van der Waals surface area contributed by atoms with Crippen molar-refractivity contribution in [2.75, 3.05) is 39.3 Å². The van der Waals surface area contributed by atoms with Crippen LogP contribution in [0.15, 0.2) is 17.0 Å². The van der Waals surface area contributed by atoms with Crippen molar-refractivity contribution in [1.29, 1.82) is 0 Å². The minimum absolute atomic E-state index is 0.0179. The third kappa shape index (κ3) is 4.40. The average molecular weight is 423 g/mol. The molecular formula is C20H30N4O4S.